The molecule has 5 heteroatoms. The largest absolute Gasteiger partial charge is 0.244 e. The van der Waals surface area contributed by atoms with Crippen molar-refractivity contribution in [1.29, 1.82) is 0 Å². The average Bonchev–Trinajstić information content (AvgIpc) is 2.86. The first kappa shape index (κ1) is 8.97. The number of nitrogens with zero attached hydrogens (tertiary/aromatic N) is 1. The van der Waals surface area contributed by atoms with Gasteiger partial charge < -0.3 is 0 Å². The maximum Gasteiger partial charge on any atom is 0.181 e. The molecule has 1 fully saturated rings. The van der Waals surface area contributed by atoms with Crippen LogP contribution in [0.4, 0.5) is 0 Å². The van der Waals surface area contributed by atoms with Crippen molar-refractivity contribution in [2.24, 2.45) is 0 Å². The molecule has 0 spiro atoms. The normalized spacial score (nSPS) is 17.3. The Labute approximate surface area is 81.7 Å². The van der Waals surface area contributed by atoms with Gasteiger partial charge in [-0.25, -0.2) is 13.4 Å². The molecule has 13 heavy (non-hydrogen) atoms. The fourth-order valence-corrected chi connectivity index (χ4v) is 3.04. The molecule has 70 valence electrons. The molecule has 0 bridgehead atoms. The SMILES string of the molecule is O=S(=O)(c1ccnc(Cl)c1)C1CC1. The Bertz CT molecular complexity index is 426. The van der Waals surface area contributed by atoms with Gasteiger partial charge in [0.15, 0.2) is 9.84 Å². The summed E-state index contributed by atoms with van der Waals surface area (Å²) in [5.41, 5.74) is 0. The van der Waals surface area contributed by atoms with Gasteiger partial charge in [0.1, 0.15) is 5.15 Å². The lowest BCUT2D eigenvalue weighted by Gasteiger charge is -2.01. The van der Waals surface area contributed by atoms with Crippen LogP contribution in [-0.4, -0.2) is 18.7 Å². The van der Waals surface area contributed by atoms with Gasteiger partial charge in [0.2, 0.25) is 0 Å². The summed E-state index contributed by atoms with van der Waals surface area (Å²) in [6, 6.07) is 2.88. The van der Waals surface area contributed by atoms with Crippen LogP contribution in [0.3, 0.4) is 0 Å². The molecule has 1 aromatic rings. The Hall–Kier alpha value is -0.610. The van der Waals surface area contributed by atoms with Gasteiger partial charge in [-0.3, -0.25) is 0 Å². The van der Waals surface area contributed by atoms with Gasteiger partial charge in [-0.2, -0.15) is 0 Å². The van der Waals surface area contributed by atoms with Crippen molar-refractivity contribution >= 4 is 21.4 Å². The minimum absolute atomic E-state index is 0.189. The van der Waals surface area contributed by atoms with Crippen LogP contribution in [0.2, 0.25) is 5.15 Å². The predicted molar refractivity (Wildman–Crippen MR) is 49.5 cm³/mol. The van der Waals surface area contributed by atoms with Crippen LogP contribution in [0.25, 0.3) is 0 Å². The van der Waals surface area contributed by atoms with Crippen molar-refractivity contribution in [2.45, 2.75) is 23.0 Å². The molecule has 1 aliphatic rings. The third kappa shape index (κ3) is 1.69. The summed E-state index contributed by atoms with van der Waals surface area (Å²) in [4.78, 5) is 4.02. The van der Waals surface area contributed by atoms with E-state index in [0.29, 0.717) is 0 Å². The third-order valence-corrected chi connectivity index (χ3v) is 4.46. The highest BCUT2D eigenvalue weighted by atomic mass is 35.5. The molecule has 2 rings (SSSR count). The Morgan fingerprint density at radius 3 is 2.69 bits per heavy atom. The monoisotopic (exact) mass is 217 g/mol. The first-order valence-corrected chi connectivity index (χ1v) is 5.88. The van der Waals surface area contributed by atoms with E-state index < -0.39 is 9.84 Å². The molecule has 0 N–H and O–H groups in total. The van der Waals surface area contributed by atoms with E-state index in [4.69, 9.17) is 11.6 Å². The van der Waals surface area contributed by atoms with Gasteiger partial charge in [-0.05, 0) is 25.0 Å². The Balaban J connectivity index is 2.45. The number of sulfone groups is 1. The van der Waals surface area contributed by atoms with Crippen LogP contribution >= 0.6 is 11.6 Å². The first-order chi connectivity index (χ1) is 6.10. The maximum atomic E-state index is 11.7. The van der Waals surface area contributed by atoms with Gasteiger partial charge in [-0.15, -0.1) is 0 Å². The summed E-state index contributed by atoms with van der Waals surface area (Å²) in [5.74, 6) is 0. The van der Waals surface area contributed by atoms with Crippen molar-refractivity contribution in [3.8, 4) is 0 Å². The van der Waals surface area contributed by atoms with Crippen molar-refractivity contribution in [3.05, 3.63) is 23.5 Å². The summed E-state index contributed by atoms with van der Waals surface area (Å²) in [7, 11) is -3.11. The van der Waals surface area contributed by atoms with Gasteiger partial charge in [0.25, 0.3) is 0 Å². The van der Waals surface area contributed by atoms with E-state index in [1.807, 2.05) is 0 Å². The molecular weight excluding hydrogens is 210 g/mol. The molecule has 0 saturated heterocycles. The predicted octanol–water partition coefficient (Wildman–Crippen LogP) is 1.67. The summed E-state index contributed by atoms with van der Waals surface area (Å²) in [6.07, 6.45) is 2.95. The van der Waals surface area contributed by atoms with E-state index in [2.05, 4.69) is 4.98 Å². The molecule has 0 amide bonds. The molecular formula is C8H8ClNO2S. The number of pyridine rings is 1. The minimum Gasteiger partial charge on any atom is -0.244 e. The van der Waals surface area contributed by atoms with Crippen molar-refractivity contribution < 1.29 is 8.42 Å². The lowest BCUT2D eigenvalue weighted by molar-refractivity contribution is 0.594. The lowest BCUT2D eigenvalue weighted by Crippen LogP contribution is -2.06. The molecule has 0 atom stereocenters. The molecule has 0 aliphatic heterocycles. The summed E-state index contributed by atoms with van der Waals surface area (Å²) in [5, 5.41) is 0.0349. The minimum atomic E-state index is -3.11. The Morgan fingerprint density at radius 1 is 1.46 bits per heavy atom. The smallest absolute Gasteiger partial charge is 0.181 e. The van der Waals surface area contributed by atoms with Crippen LogP contribution < -0.4 is 0 Å². The van der Waals surface area contributed by atoms with E-state index in [9.17, 15) is 8.42 Å². The van der Waals surface area contributed by atoms with Gasteiger partial charge in [-0.1, -0.05) is 11.6 Å². The molecule has 1 heterocycles. The topological polar surface area (TPSA) is 47.0 Å². The highest BCUT2D eigenvalue weighted by molar-refractivity contribution is 7.92. The molecule has 1 aliphatic carbocycles. The maximum absolute atomic E-state index is 11.7. The molecule has 0 radical (unpaired) electrons. The zero-order valence-corrected chi connectivity index (χ0v) is 8.35. The van der Waals surface area contributed by atoms with Crippen LogP contribution in [0.15, 0.2) is 23.2 Å². The van der Waals surface area contributed by atoms with E-state index in [1.54, 1.807) is 0 Å². The number of aromatic nitrogens is 1. The quantitative estimate of drug-likeness (QED) is 0.708. The standard InChI is InChI=1S/C8H8ClNO2S/c9-8-5-7(3-4-10-8)13(11,12)6-1-2-6/h3-6H,1-2H2. The summed E-state index contributed by atoms with van der Waals surface area (Å²) >= 11 is 5.60. The molecule has 0 aromatic carbocycles. The third-order valence-electron chi connectivity index (χ3n) is 1.99. The second-order valence-electron chi connectivity index (χ2n) is 3.06. The van der Waals surface area contributed by atoms with E-state index in [0.717, 1.165) is 12.8 Å². The van der Waals surface area contributed by atoms with Crippen molar-refractivity contribution in [3.63, 3.8) is 0 Å². The van der Waals surface area contributed by atoms with Crippen LogP contribution in [-0.2, 0) is 9.84 Å². The zero-order valence-electron chi connectivity index (χ0n) is 6.77. The number of hydrogen-bond acceptors (Lipinski definition) is 3. The van der Waals surface area contributed by atoms with Gasteiger partial charge in [0.05, 0.1) is 10.1 Å². The van der Waals surface area contributed by atoms with Crippen molar-refractivity contribution in [2.75, 3.05) is 0 Å². The fraction of sp³-hybridized carbons (Fsp3) is 0.375. The van der Waals surface area contributed by atoms with Crippen LogP contribution in [0.5, 0.6) is 0 Å². The highest BCUT2D eigenvalue weighted by Gasteiger charge is 2.36. The molecule has 0 unspecified atom stereocenters. The second-order valence-corrected chi connectivity index (χ2v) is 5.67. The molecule has 1 saturated carbocycles. The second kappa shape index (κ2) is 2.96. The summed E-state index contributed by atoms with van der Waals surface area (Å²) < 4.78 is 23.3. The zero-order chi connectivity index (χ0) is 9.47. The van der Waals surface area contributed by atoms with E-state index >= 15 is 0 Å². The fourth-order valence-electron chi connectivity index (χ4n) is 1.13. The number of rotatable bonds is 2. The first-order valence-electron chi connectivity index (χ1n) is 3.96. The molecule has 3 nitrogen and oxygen atoms in total. The highest BCUT2D eigenvalue weighted by Crippen LogP contribution is 2.33. The van der Waals surface area contributed by atoms with E-state index in [-0.39, 0.29) is 15.3 Å². The Kier molecular flexibility index (Phi) is 2.04. The van der Waals surface area contributed by atoms with E-state index in [1.165, 1.54) is 18.3 Å². The van der Waals surface area contributed by atoms with Crippen LogP contribution in [0.1, 0.15) is 12.8 Å². The van der Waals surface area contributed by atoms with Gasteiger partial charge >= 0.3 is 0 Å². The summed E-state index contributed by atoms with van der Waals surface area (Å²) in [6.45, 7) is 0. The Morgan fingerprint density at radius 2 is 2.15 bits per heavy atom. The number of halogens is 1. The molecule has 1 aromatic heterocycles. The number of hydrogen-bond donors (Lipinski definition) is 0. The van der Waals surface area contributed by atoms with Crippen molar-refractivity contribution in [1.82, 2.24) is 4.98 Å². The van der Waals surface area contributed by atoms with Gasteiger partial charge in [0, 0.05) is 6.20 Å². The average molecular weight is 218 g/mol. The van der Waals surface area contributed by atoms with Crippen LogP contribution in [0, 0.1) is 0 Å². The lowest BCUT2D eigenvalue weighted by atomic mass is 10.5.